The van der Waals surface area contributed by atoms with Crippen molar-refractivity contribution >= 4 is 33.0 Å². The SMILES string of the molecule is CNC(Cc1csc2ccccc12)c1csnn1. The van der Waals surface area contributed by atoms with Crippen molar-refractivity contribution in [3.8, 4) is 0 Å². The molecule has 0 saturated carbocycles. The van der Waals surface area contributed by atoms with Crippen LogP contribution in [0.1, 0.15) is 17.3 Å². The molecular weight excluding hydrogens is 262 g/mol. The lowest BCUT2D eigenvalue weighted by Crippen LogP contribution is -2.19. The second-order valence-electron chi connectivity index (χ2n) is 4.13. The number of nitrogens with zero attached hydrogens (tertiary/aromatic N) is 2. The van der Waals surface area contributed by atoms with Crippen molar-refractivity contribution in [1.82, 2.24) is 14.9 Å². The predicted octanol–water partition coefficient (Wildman–Crippen LogP) is 3.26. The van der Waals surface area contributed by atoms with Gasteiger partial charge in [0.15, 0.2) is 0 Å². The van der Waals surface area contributed by atoms with Gasteiger partial charge in [-0.05, 0) is 47.4 Å². The van der Waals surface area contributed by atoms with E-state index in [1.807, 2.05) is 12.4 Å². The van der Waals surface area contributed by atoms with Crippen LogP contribution in [0.5, 0.6) is 0 Å². The molecule has 3 aromatic rings. The molecule has 18 heavy (non-hydrogen) atoms. The minimum absolute atomic E-state index is 0.238. The molecule has 3 rings (SSSR count). The fourth-order valence-corrected chi connectivity index (χ4v) is 3.57. The maximum Gasteiger partial charge on any atom is 0.0928 e. The average molecular weight is 275 g/mol. The molecule has 0 amide bonds. The van der Waals surface area contributed by atoms with Gasteiger partial charge >= 0.3 is 0 Å². The first-order valence-electron chi connectivity index (χ1n) is 5.78. The van der Waals surface area contributed by atoms with E-state index in [1.165, 1.54) is 27.2 Å². The van der Waals surface area contributed by atoms with Crippen LogP contribution in [0.3, 0.4) is 0 Å². The summed E-state index contributed by atoms with van der Waals surface area (Å²) in [5.41, 5.74) is 2.40. The van der Waals surface area contributed by atoms with Crippen LogP contribution in [0.2, 0.25) is 0 Å². The van der Waals surface area contributed by atoms with Crippen molar-refractivity contribution in [2.45, 2.75) is 12.5 Å². The highest BCUT2D eigenvalue weighted by Crippen LogP contribution is 2.29. The number of rotatable bonds is 4. The zero-order chi connectivity index (χ0) is 12.4. The van der Waals surface area contributed by atoms with Gasteiger partial charge < -0.3 is 5.32 Å². The van der Waals surface area contributed by atoms with Crippen molar-refractivity contribution in [1.29, 1.82) is 0 Å². The lowest BCUT2D eigenvalue weighted by atomic mass is 10.0. The van der Waals surface area contributed by atoms with E-state index in [0.29, 0.717) is 0 Å². The fourth-order valence-electron chi connectivity index (χ4n) is 2.09. The van der Waals surface area contributed by atoms with E-state index in [2.05, 4.69) is 44.5 Å². The van der Waals surface area contributed by atoms with Gasteiger partial charge in [0.05, 0.1) is 11.7 Å². The van der Waals surface area contributed by atoms with E-state index < -0.39 is 0 Å². The Bertz CT molecular complexity index is 631. The Labute approximate surface area is 114 Å². The van der Waals surface area contributed by atoms with E-state index in [1.54, 1.807) is 11.3 Å². The summed E-state index contributed by atoms with van der Waals surface area (Å²) in [5, 5.41) is 13.1. The predicted molar refractivity (Wildman–Crippen MR) is 77.2 cm³/mol. The average Bonchev–Trinajstić information content (AvgIpc) is 3.06. The zero-order valence-corrected chi connectivity index (χ0v) is 11.6. The van der Waals surface area contributed by atoms with Gasteiger partial charge in [0.2, 0.25) is 0 Å². The van der Waals surface area contributed by atoms with Crippen molar-refractivity contribution in [3.05, 3.63) is 46.3 Å². The van der Waals surface area contributed by atoms with Gasteiger partial charge in [-0.3, -0.25) is 0 Å². The summed E-state index contributed by atoms with van der Waals surface area (Å²) in [5.74, 6) is 0. The third-order valence-electron chi connectivity index (χ3n) is 3.07. The van der Waals surface area contributed by atoms with Gasteiger partial charge in [-0.15, -0.1) is 16.4 Å². The molecule has 0 fully saturated rings. The molecule has 3 nitrogen and oxygen atoms in total. The molecule has 0 aliphatic carbocycles. The maximum absolute atomic E-state index is 4.16. The molecule has 2 aromatic heterocycles. The molecule has 0 aliphatic rings. The molecule has 1 unspecified atom stereocenters. The second-order valence-corrected chi connectivity index (χ2v) is 5.65. The van der Waals surface area contributed by atoms with Gasteiger partial charge in [-0.1, -0.05) is 22.7 Å². The summed E-state index contributed by atoms with van der Waals surface area (Å²) in [6.07, 6.45) is 0.950. The Balaban J connectivity index is 1.91. The molecule has 1 N–H and O–H groups in total. The smallest absolute Gasteiger partial charge is 0.0928 e. The summed E-state index contributed by atoms with van der Waals surface area (Å²) < 4.78 is 5.28. The largest absolute Gasteiger partial charge is 0.311 e. The molecule has 0 aliphatic heterocycles. The van der Waals surface area contributed by atoms with Gasteiger partial charge in [-0.2, -0.15) is 0 Å². The Morgan fingerprint density at radius 2 is 2.17 bits per heavy atom. The van der Waals surface area contributed by atoms with E-state index in [4.69, 9.17) is 0 Å². The highest BCUT2D eigenvalue weighted by Gasteiger charge is 2.15. The fraction of sp³-hybridized carbons (Fsp3) is 0.231. The van der Waals surface area contributed by atoms with Crippen LogP contribution < -0.4 is 5.32 Å². The number of hydrogen-bond acceptors (Lipinski definition) is 5. The van der Waals surface area contributed by atoms with E-state index in [-0.39, 0.29) is 6.04 Å². The first-order chi connectivity index (χ1) is 8.88. The minimum atomic E-state index is 0.238. The standard InChI is InChI=1S/C13H13N3S2/c1-14-11(12-8-18-16-15-12)6-9-7-17-13-5-3-2-4-10(9)13/h2-5,7-8,11,14H,6H2,1H3. The summed E-state index contributed by atoms with van der Waals surface area (Å²) in [4.78, 5) is 0. The van der Waals surface area contributed by atoms with Crippen LogP contribution in [0.15, 0.2) is 35.0 Å². The number of likely N-dealkylation sites (N-methyl/N-ethyl adjacent to an activating group) is 1. The van der Waals surface area contributed by atoms with Gasteiger partial charge in [-0.25, -0.2) is 0 Å². The normalized spacial score (nSPS) is 12.9. The molecule has 2 heterocycles. The number of hydrogen-bond donors (Lipinski definition) is 1. The van der Waals surface area contributed by atoms with Crippen LogP contribution in [0.4, 0.5) is 0 Å². The van der Waals surface area contributed by atoms with E-state index >= 15 is 0 Å². The second kappa shape index (κ2) is 5.14. The lowest BCUT2D eigenvalue weighted by Gasteiger charge is -2.12. The number of thiophene rings is 1. The van der Waals surface area contributed by atoms with Gasteiger partial charge in [0.25, 0.3) is 0 Å². The summed E-state index contributed by atoms with van der Waals surface area (Å²) >= 11 is 3.20. The Morgan fingerprint density at radius 1 is 1.28 bits per heavy atom. The van der Waals surface area contributed by atoms with Gasteiger partial charge in [0.1, 0.15) is 0 Å². The van der Waals surface area contributed by atoms with E-state index in [9.17, 15) is 0 Å². The number of aromatic nitrogens is 2. The minimum Gasteiger partial charge on any atom is -0.311 e. The zero-order valence-electron chi connectivity index (χ0n) is 9.96. The molecular formula is C13H13N3S2. The quantitative estimate of drug-likeness (QED) is 0.794. The Kier molecular flexibility index (Phi) is 3.36. The van der Waals surface area contributed by atoms with Crippen molar-refractivity contribution in [3.63, 3.8) is 0 Å². The summed E-state index contributed by atoms with van der Waals surface area (Å²) in [6.45, 7) is 0. The van der Waals surface area contributed by atoms with Gasteiger partial charge in [0, 0.05) is 10.1 Å². The number of nitrogens with one attached hydrogen (secondary N) is 1. The van der Waals surface area contributed by atoms with Crippen LogP contribution in [-0.2, 0) is 6.42 Å². The summed E-state index contributed by atoms with van der Waals surface area (Å²) in [6, 6.07) is 8.77. The van der Waals surface area contributed by atoms with Crippen LogP contribution >= 0.6 is 22.9 Å². The van der Waals surface area contributed by atoms with Crippen molar-refractivity contribution in [2.24, 2.45) is 0 Å². The van der Waals surface area contributed by atoms with Crippen LogP contribution in [0, 0.1) is 0 Å². The first-order valence-corrected chi connectivity index (χ1v) is 7.49. The van der Waals surface area contributed by atoms with E-state index in [0.717, 1.165) is 12.1 Å². The molecule has 0 radical (unpaired) electrons. The number of benzene rings is 1. The topological polar surface area (TPSA) is 37.8 Å². The molecule has 1 aromatic carbocycles. The van der Waals surface area contributed by atoms with Crippen molar-refractivity contribution < 1.29 is 0 Å². The monoisotopic (exact) mass is 275 g/mol. The third kappa shape index (κ3) is 2.16. The molecule has 0 spiro atoms. The first kappa shape index (κ1) is 11.8. The molecule has 5 heteroatoms. The lowest BCUT2D eigenvalue weighted by molar-refractivity contribution is 0.576. The number of fused-ring (bicyclic) bond motifs is 1. The molecule has 1 atom stereocenters. The molecule has 0 bridgehead atoms. The highest BCUT2D eigenvalue weighted by atomic mass is 32.1. The molecule has 0 saturated heterocycles. The summed E-state index contributed by atoms with van der Waals surface area (Å²) in [7, 11) is 1.97. The molecule has 92 valence electrons. The third-order valence-corrected chi connectivity index (χ3v) is 4.60. The van der Waals surface area contributed by atoms with Crippen molar-refractivity contribution in [2.75, 3.05) is 7.05 Å². The highest BCUT2D eigenvalue weighted by molar-refractivity contribution is 7.17. The van der Waals surface area contributed by atoms with Crippen LogP contribution in [-0.4, -0.2) is 16.6 Å². The maximum atomic E-state index is 4.16. The Morgan fingerprint density at radius 3 is 2.94 bits per heavy atom. The Hall–Kier alpha value is -1.30. The van der Waals surface area contributed by atoms with Crippen LogP contribution in [0.25, 0.3) is 10.1 Å².